The molecule has 2 aromatic rings. The third kappa shape index (κ3) is 3.85. The molecule has 0 atom stereocenters. The van der Waals surface area contributed by atoms with Crippen LogP contribution in [0.25, 0.3) is 0 Å². The third-order valence-electron chi connectivity index (χ3n) is 4.61. The SMILES string of the molecule is COc1ccc(C(=O)N2CCC(c3nc(C(F)(F)F)cs3)CC2)c(C)c1. The van der Waals surface area contributed by atoms with Crippen molar-refractivity contribution in [2.24, 2.45) is 0 Å². The number of amides is 1. The van der Waals surface area contributed by atoms with Crippen LogP contribution in [0.1, 0.15) is 45.4 Å². The number of piperidine rings is 1. The first-order valence-electron chi connectivity index (χ1n) is 8.26. The highest BCUT2D eigenvalue weighted by Crippen LogP contribution is 2.35. The lowest BCUT2D eigenvalue weighted by molar-refractivity contribution is -0.140. The van der Waals surface area contributed by atoms with Gasteiger partial charge in [-0.1, -0.05) is 0 Å². The summed E-state index contributed by atoms with van der Waals surface area (Å²) in [5.41, 5.74) is 0.633. The van der Waals surface area contributed by atoms with E-state index in [0.29, 0.717) is 42.3 Å². The quantitative estimate of drug-likeness (QED) is 0.783. The van der Waals surface area contributed by atoms with Gasteiger partial charge in [-0.3, -0.25) is 4.79 Å². The summed E-state index contributed by atoms with van der Waals surface area (Å²) in [6.07, 6.45) is -3.17. The molecule has 26 heavy (non-hydrogen) atoms. The van der Waals surface area contributed by atoms with Gasteiger partial charge in [-0.05, 0) is 43.5 Å². The van der Waals surface area contributed by atoms with E-state index in [-0.39, 0.29) is 11.8 Å². The fourth-order valence-electron chi connectivity index (χ4n) is 3.11. The Bertz CT molecular complexity index is 796. The molecule has 1 fully saturated rings. The van der Waals surface area contributed by atoms with Gasteiger partial charge in [-0.2, -0.15) is 13.2 Å². The Morgan fingerprint density at radius 2 is 2.00 bits per heavy atom. The Morgan fingerprint density at radius 1 is 1.31 bits per heavy atom. The number of hydrogen-bond acceptors (Lipinski definition) is 4. The van der Waals surface area contributed by atoms with Gasteiger partial charge in [0.05, 0.1) is 12.1 Å². The lowest BCUT2D eigenvalue weighted by atomic mass is 9.96. The molecule has 1 aliphatic heterocycles. The molecule has 2 heterocycles. The number of hydrogen-bond donors (Lipinski definition) is 0. The predicted molar refractivity (Wildman–Crippen MR) is 92.7 cm³/mol. The van der Waals surface area contributed by atoms with E-state index in [1.165, 1.54) is 0 Å². The second-order valence-corrected chi connectivity index (χ2v) is 7.21. The second-order valence-electron chi connectivity index (χ2n) is 6.32. The molecule has 0 N–H and O–H groups in total. The molecule has 0 bridgehead atoms. The number of ether oxygens (including phenoxy) is 1. The molecule has 3 rings (SSSR count). The number of carbonyl (C=O) groups is 1. The van der Waals surface area contributed by atoms with Crippen LogP contribution < -0.4 is 4.74 Å². The van der Waals surface area contributed by atoms with Crippen molar-refractivity contribution in [3.05, 3.63) is 45.4 Å². The van der Waals surface area contributed by atoms with Gasteiger partial charge in [0.15, 0.2) is 5.69 Å². The fraction of sp³-hybridized carbons (Fsp3) is 0.444. The molecule has 1 aromatic carbocycles. The number of thiazole rings is 1. The Balaban J connectivity index is 1.65. The van der Waals surface area contributed by atoms with E-state index in [9.17, 15) is 18.0 Å². The first kappa shape index (κ1) is 18.7. The van der Waals surface area contributed by atoms with Crippen molar-refractivity contribution in [1.29, 1.82) is 0 Å². The second kappa shape index (κ2) is 7.26. The molecule has 1 aliphatic rings. The third-order valence-corrected chi connectivity index (χ3v) is 5.61. The van der Waals surface area contributed by atoms with Crippen LogP contribution in [0.5, 0.6) is 5.75 Å². The molecular weight excluding hydrogens is 365 g/mol. The van der Waals surface area contributed by atoms with Crippen LogP contribution in [-0.4, -0.2) is 36.0 Å². The van der Waals surface area contributed by atoms with E-state index in [1.54, 1.807) is 24.1 Å². The molecule has 8 heteroatoms. The van der Waals surface area contributed by atoms with Gasteiger partial charge >= 0.3 is 6.18 Å². The van der Waals surface area contributed by atoms with E-state index >= 15 is 0 Å². The molecule has 0 radical (unpaired) electrons. The summed E-state index contributed by atoms with van der Waals surface area (Å²) < 4.78 is 43.2. The van der Waals surface area contributed by atoms with E-state index in [2.05, 4.69) is 4.98 Å². The molecule has 4 nitrogen and oxygen atoms in total. The number of aryl methyl sites for hydroxylation is 1. The number of likely N-dealkylation sites (tertiary alicyclic amines) is 1. The first-order valence-corrected chi connectivity index (χ1v) is 9.14. The highest BCUT2D eigenvalue weighted by molar-refractivity contribution is 7.09. The van der Waals surface area contributed by atoms with Crippen molar-refractivity contribution in [1.82, 2.24) is 9.88 Å². The molecule has 140 valence electrons. The highest BCUT2D eigenvalue weighted by Gasteiger charge is 2.35. The van der Waals surface area contributed by atoms with Gasteiger partial charge in [0, 0.05) is 30.0 Å². The summed E-state index contributed by atoms with van der Waals surface area (Å²) in [5.74, 6) is 0.609. The average molecular weight is 384 g/mol. The van der Waals surface area contributed by atoms with Crippen molar-refractivity contribution in [2.75, 3.05) is 20.2 Å². The highest BCUT2D eigenvalue weighted by atomic mass is 32.1. The summed E-state index contributed by atoms with van der Waals surface area (Å²) >= 11 is 1.05. The minimum absolute atomic E-state index is 0.0304. The van der Waals surface area contributed by atoms with Gasteiger partial charge in [-0.15, -0.1) is 11.3 Å². The zero-order valence-corrected chi connectivity index (χ0v) is 15.3. The topological polar surface area (TPSA) is 42.4 Å². The van der Waals surface area contributed by atoms with Crippen LogP contribution in [0.2, 0.25) is 0 Å². The Morgan fingerprint density at radius 3 is 2.54 bits per heavy atom. The minimum Gasteiger partial charge on any atom is -0.497 e. The Labute approximate surface area is 153 Å². The molecule has 0 unspecified atom stereocenters. The summed E-state index contributed by atoms with van der Waals surface area (Å²) in [4.78, 5) is 18.2. The van der Waals surface area contributed by atoms with Crippen molar-refractivity contribution in [3.8, 4) is 5.75 Å². The largest absolute Gasteiger partial charge is 0.497 e. The normalized spacial score (nSPS) is 16.0. The fourth-order valence-corrected chi connectivity index (χ4v) is 4.11. The summed E-state index contributed by atoms with van der Waals surface area (Å²) in [6, 6.07) is 5.31. The lowest BCUT2D eigenvalue weighted by Crippen LogP contribution is -2.38. The number of alkyl halides is 3. The van der Waals surface area contributed by atoms with Gasteiger partial charge in [0.2, 0.25) is 0 Å². The van der Waals surface area contributed by atoms with Gasteiger partial charge in [0.1, 0.15) is 5.75 Å². The number of methoxy groups -OCH3 is 1. The zero-order chi connectivity index (χ0) is 18.9. The number of nitrogens with zero attached hydrogens (tertiary/aromatic N) is 2. The van der Waals surface area contributed by atoms with E-state index < -0.39 is 11.9 Å². The molecule has 0 spiro atoms. The maximum atomic E-state index is 12.7. The summed E-state index contributed by atoms with van der Waals surface area (Å²) in [7, 11) is 1.57. The van der Waals surface area contributed by atoms with Gasteiger partial charge < -0.3 is 9.64 Å². The van der Waals surface area contributed by atoms with Crippen molar-refractivity contribution < 1.29 is 22.7 Å². The number of carbonyl (C=O) groups excluding carboxylic acids is 1. The lowest BCUT2D eigenvalue weighted by Gasteiger charge is -2.31. The molecule has 0 aliphatic carbocycles. The van der Waals surface area contributed by atoms with Crippen LogP contribution in [0.4, 0.5) is 13.2 Å². The molecule has 1 aromatic heterocycles. The van der Waals surface area contributed by atoms with Crippen molar-refractivity contribution in [2.45, 2.75) is 31.9 Å². The average Bonchev–Trinajstić information content (AvgIpc) is 3.11. The monoisotopic (exact) mass is 384 g/mol. The summed E-state index contributed by atoms with van der Waals surface area (Å²) in [6.45, 7) is 2.88. The van der Waals surface area contributed by atoms with E-state index in [1.807, 2.05) is 13.0 Å². The zero-order valence-electron chi connectivity index (χ0n) is 14.5. The maximum absolute atomic E-state index is 12.7. The van der Waals surface area contributed by atoms with Gasteiger partial charge in [-0.25, -0.2) is 4.98 Å². The van der Waals surface area contributed by atoms with Crippen LogP contribution in [-0.2, 0) is 6.18 Å². The first-order chi connectivity index (χ1) is 12.3. The van der Waals surface area contributed by atoms with Gasteiger partial charge in [0.25, 0.3) is 5.91 Å². The minimum atomic E-state index is -4.41. The van der Waals surface area contributed by atoms with Crippen LogP contribution in [0.3, 0.4) is 0 Å². The molecule has 1 amide bonds. The number of rotatable bonds is 3. The maximum Gasteiger partial charge on any atom is 0.434 e. The van der Waals surface area contributed by atoms with Crippen LogP contribution in [0.15, 0.2) is 23.6 Å². The van der Waals surface area contributed by atoms with Crippen molar-refractivity contribution in [3.63, 3.8) is 0 Å². The standard InChI is InChI=1S/C18H19F3N2O2S/c1-11-9-13(25-2)3-4-14(11)17(24)23-7-5-12(6-8-23)16-22-15(10-26-16)18(19,20)21/h3-4,9-10,12H,5-8H2,1-2H3. The molecule has 0 saturated carbocycles. The predicted octanol–water partition coefficient (Wildman–Crippen LogP) is 4.50. The number of benzene rings is 1. The smallest absolute Gasteiger partial charge is 0.434 e. The van der Waals surface area contributed by atoms with Crippen molar-refractivity contribution >= 4 is 17.2 Å². The van der Waals surface area contributed by atoms with Crippen LogP contribution in [0, 0.1) is 6.92 Å². The number of halogens is 3. The summed E-state index contributed by atoms with van der Waals surface area (Å²) in [5, 5.41) is 1.57. The molecule has 1 saturated heterocycles. The Kier molecular flexibility index (Phi) is 5.22. The number of aromatic nitrogens is 1. The Hall–Kier alpha value is -2.09. The van der Waals surface area contributed by atoms with Crippen LogP contribution >= 0.6 is 11.3 Å². The van der Waals surface area contributed by atoms with E-state index in [4.69, 9.17) is 4.74 Å². The van der Waals surface area contributed by atoms with E-state index in [0.717, 1.165) is 22.3 Å². The molecular formula is C18H19F3N2O2S.